The highest BCUT2D eigenvalue weighted by atomic mass is 35.5. The van der Waals surface area contributed by atoms with Crippen molar-refractivity contribution in [2.75, 3.05) is 18.1 Å². The second-order valence-corrected chi connectivity index (χ2v) is 6.90. The van der Waals surface area contributed by atoms with Gasteiger partial charge in [-0.3, -0.25) is 0 Å². The minimum Gasteiger partial charge on any atom is -0.396 e. The van der Waals surface area contributed by atoms with E-state index in [1.54, 1.807) is 0 Å². The fraction of sp³-hybridized carbons (Fsp3) is 0.368. The maximum atomic E-state index is 9.40. The molecule has 1 aromatic carbocycles. The van der Waals surface area contributed by atoms with Crippen LogP contribution in [-0.2, 0) is 0 Å². The lowest BCUT2D eigenvalue weighted by molar-refractivity contribution is 0.262. The zero-order valence-corrected chi connectivity index (χ0v) is 14.7. The zero-order valence-electron chi connectivity index (χ0n) is 14.0. The standard InChI is InChI=1S/C19H21ClN4O/c20-15-6-4-14(5-7-15)17-13-22-24-18(8-10-21-19(17)24)23-11-2-1-3-16(23)9-12-25/h4-8,10,13,16,25H,1-3,9,11-12H2. The average molecular weight is 357 g/mol. The first-order chi connectivity index (χ1) is 12.3. The number of anilines is 1. The van der Waals surface area contributed by atoms with E-state index in [2.05, 4.69) is 15.0 Å². The van der Waals surface area contributed by atoms with Crippen molar-refractivity contribution in [2.24, 2.45) is 0 Å². The van der Waals surface area contributed by atoms with E-state index >= 15 is 0 Å². The van der Waals surface area contributed by atoms with E-state index in [9.17, 15) is 5.11 Å². The van der Waals surface area contributed by atoms with Gasteiger partial charge >= 0.3 is 0 Å². The zero-order chi connectivity index (χ0) is 17.2. The Bertz CT molecular complexity index is 859. The van der Waals surface area contributed by atoms with Gasteiger partial charge < -0.3 is 10.0 Å². The number of piperidine rings is 1. The summed E-state index contributed by atoms with van der Waals surface area (Å²) in [7, 11) is 0. The Morgan fingerprint density at radius 3 is 2.80 bits per heavy atom. The van der Waals surface area contributed by atoms with Crippen molar-refractivity contribution in [3.05, 3.63) is 47.7 Å². The molecule has 5 nitrogen and oxygen atoms in total. The van der Waals surface area contributed by atoms with E-state index in [4.69, 9.17) is 11.6 Å². The third-order valence-corrected chi connectivity index (χ3v) is 5.17. The van der Waals surface area contributed by atoms with E-state index in [1.165, 1.54) is 6.42 Å². The van der Waals surface area contributed by atoms with Gasteiger partial charge in [0.15, 0.2) is 5.65 Å². The van der Waals surface area contributed by atoms with Crippen molar-refractivity contribution >= 4 is 23.1 Å². The first-order valence-corrected chi connectivity index (χ1v) is 9.12. The highest BCUT2D eigenvalue weighted by Crippen LogP contribution is 2.30. The summed E-state index contributed by atoms with van der Waals surface area (Å²) in [6.45, 7) is 1.20. The lowest BCUT2D eigenvalue weighted by atomic mass is 9.99. The highest BCUT2D eigenvalue weighted by Gasteiger charge is 2.25. The van der Waals surface area contributed by atoms with Crippen LogP contribution in [0.25, 0.3) is 16.8 Å². The number of fused-ring (bicyclic) bond motifs is 1. The molecule has 0 spiro atoms. The van der Waals surface area contributed by atoms with Crippen molar-refractivity contribution < 1.29 is 5.11 Å². The molecule has 1 N–H and O–H groups in total. The van der Waals surface area contributed by atoms with Gasteiger partial charge in [0.05, 0.1) is 6.20 Å². The SMILES string of the molecule is OCCC1CCCCN1c1ccnc2c(-c3ccc(Cl)cc3)cnn12. The number of aliphatic hydroxyl groups is 1. The first kappa shape index (κ1) is 16.4. The molecular formula is C19H21ClN4O. The maximum absolute atomic E-state index is 9.40. The Kier molecular flexibility index (Phi) is 4.59. The quantitative estimate of drug-likeness (QED) is 0.772. The number of aliphatic hydroxyl groups excluding tert-OH is 1. The Morgan fingerprint density at radius 2 is 2.00 bits per heavy atom. The molecule has 4 rings (SSSR count). The molecule has 1 unspecified atom stereocenters. The average Bonchev–Trinajstić information content (AvgIpc) is 3.07. The topological polar surface area (TPSA) is 53.7 Å². The minimum atomic E-state index is 0.213. The normalized spacial score (nSPS) is 18.0. The number of hydrogen-bond acceptors (Lipinski definition) is 4. The van der Waals surface area contributed by atoms with Gasteiger partial charge in [-0.25, -0.2) is 4.98 Å². The van der Waals surface area contributed by atoms with Gasteiger partial charge in [0, 0.05) is 36.0 Å². The van der Waals surface area contributed by atoms with E-state index in [1.807, 2.05) is 47.2 Å². The van der Waals surface area contributed by atoms with E-state index in [0.717, 1.165) is 48.4 Å². The lowest BCUT2D eigenvalue weighted by Gasteiger charge is -2.37. The number of rotatable bonds is 4. The molecule has 0 bridgehead atoms. The molecule has 0 radical (unpaired) electrons. The monoisotopic (exact) mass is 356 g/mol. The molecule has 1 aliphatic rings. The van der Waals surface area contributed by atoms with Crippen molar-refractivity contribution in [2.45, 2.75) is 31.7 Å². The largest absolute Gasteiger partial charge is 0.396 e. The third-order valence-electron chi connectivity index (χ3n) is 4.92. The second kappa shape index (κ2) is 7.02. The van der Waals surface area contributed by atoms with Crippen molar-refractivity contribution in [1.29, 1.82) is 0 Å². The third kappa shape index (κ3) is 3.10. The molecule has 130 valence electrons. The lowest BCUT2D eigenvalue weighted by Crippen LogP contribution is -2.41. The molecule has 6 heteroatoms. The smallest absolute Gasteiger partial charge is 0.165 e. The fourth-order valence-corrected chi connectivity index (χ4v) is 3.81. The van der Waals surface area contributed by atoms with Gasteiger partial charge in [-0.15, -0.1) is 0 Å². The summed E-state index contributed by atoms with van der Waals surface area (Å²) >= 11 is 6.00. The van der Waals surface area contributed by atoms with Crippen molar-refractivity contribution in [1.82, 2.24) is 14.6 Å². The van der Waals surface area contributed by atoms with Gasteiger partial charge in [-0.2, -0.15) is 9.61 Å². The van der Waals surface area contributed by atoms with Crippen LogP contribution < -0.4 is 4.90 Å². The van der Waals surface area contributed by atoms with Gasteiger partial charge in [0.25, 0.3) is 0 Å². The predicted molar refractivity (Wildman–Crippen MR) is 100 cm³/mol. The Balaban J connectivity index is 1.77. The van der Waals surface area contributed by atoms with Crippen LogP contribution >= 0.6 is 11.6 Å². The number of nitrogens with zero attached hydrogens (tertiary/aromatic N) is 4. The molecule has 0 saturated carbocycles. The molecule has 0 aliphatic carbocycles. The number of hydrogen-bond donors (Lipinski definition) is 1. The molecule has 2 aromatic heterocycles. The van der Waals surface area contributed by atoms with E-state index in [0.29, 0.717) is 11.1 Å². The number of benzene rings is 1. The molecule has 25 heavy (non-hydrogen) atoms. The van der Waals surface area contributed by atoms with Gasteiger partial charge in [-0.1, -0.05) is 23.7 Å². The van der Waals surface area contributed by atoms with E-state index < -0.39 is 0 Å². The van der Waals surface area contributed by atoms with Crippen molar-refractivity contribution in [3.63, 3.8) is 0 Å². The van der Waals surface area contributed by atoms with Crippen LogP contribution in [-0.4, -0.2) is 38.9 Å². The maximum Gasteiger partial charge on any atom is 0.165 e. The summed E-state index contributed by atoms with van der Waals surface area (Å²) in [5, 5.41) is 14.7. The highest BCUT2D eigenvalue weighted by molar-refractivity contribution is 6.30. The molecule has 1 saturated heterocycles. The summed E-state index contributed by atoms with van der Waals surface area (Å²) in [6, 6.07) is 10.1. The first-order valence-electron chi connectivity index (χ1n) is 8.74. The Morgan fingerprint density at radius 1 is 1.16 bits per heavy atom. The van der Waals surface area contributed by atoms with Crippen LogP contribution in [0.1, 0.15) is 25.7 Å². The van der Waals surface area contributed by atoms with Crippen LogP contribution in [0.2, 0.25) is 5.02 Å². The molecule has 3 heterocycles. The Hall–Kier alpha value is -2.11. The van der Waals surface area contributed by atoms with Crippen molar-refractivity contribution in [3.8, 4) is 11.1 Å². The second-order valence-electron chi connectivity index (χ2n) is 6.46. The summed E-state index contributed by atoms with van der Waals surface area (Å²) in [5.41, 5.74) is 2.89. The van der Waals surface area contributed by atoms with E-state index in [-0.39, 0.29) is 6.61 Å². The molecular weight excluding hydrogens is 336 g/mol. The molecule has 1 atom stereocenters. The predicted octanol–water partition coefficient (Wildman–Crippen LogP) is 3.79. The van der Waals surface area contributed by atoms with Crippen LogP contribution in [0.5, 0.6) is 0 Å². The van der Waals surface area contributed by atoms with Gasteiger partial charge in [-0.05, 0) is 49.4 Å². The minimum absolute atomic E-state index is 0.213. The Labute approximate surface area is 151 Å². The summed E-state index contributed by atoms with van der Waals surface area (Å²) in [6.07, 6.45) is 7.98. The van der Waals surface area contributed by atoms with Crippen LogP contribution in [0.3, 0.4) is 0 Å². The fourth-order valence-electron chi connectivity index (χ4n) is 3.68. The molecule has 0 amide bonds. The van der Waals surface area contributed by atoms with Crippen LogP contribution in [0, 0.1) is 0 Å². The molecule has 3 aromatic rings. The number of aromatic nitrogens is 3. The molecule has 1 fully saturated rings. The van der Waals surface area contributed by atoms with Gasteiger partial charge in [0.1, 0.15) is 5.82 Å². The van der Waals surface area contributed by atoms with Crippen LogP contribution in [0.4, 0.5) is 5.82 Å². The number of halogens is 1. The summed E-state index contributed by atoms with van der Waals surface area (Å²) in [4.78, 5) is 6.93. The summed E-state index contributed by atoms with van der Waals surface area (Å²) < 4.78 is 1.92. The molecule has 1 aliphatic heterocycles. The van der Waals surface area contributed by atoms with Crippen LogP contribution in [0.15, 0.2) is 42.7 Å². The summed E-state index contributed by atoms with van der Waals surface area (Å²) in [5.74, 6) is 1.04. The van der Waals surface area contributed by atoms with Gasteiger partial charge in [0.2, 0.25) is 0 Å².